The lowest BCUT2D eigenvalue weighted by molar-refractivity contribution is -0.120. The van der Waals surface area contributed by atoms with Gasteiger partial charge in [0.1, 0.15) is 33.2 Å². The second-order valence-corrected chi connectivity index (χ2v) is 8.39. The predicted octanol–water partition coefficient (Wildman–Crippen LogP) is 5.83. The summed E-state index contributed by atoms with van der Waals surface area (Å²) in [6, 6.07) is 11.9. The molecular formula is C22H18Cl2N2O5S. The van der Waals surface area contributed by atoms with Crippen molar-refractivity contribution in [3.63, 3.8) is 0 Å². The predicted molar refractivity (Wildman–Crippen MR) is 125 cm³/mol. The number of ether oxygens (including phenoxy) is 3. The molecule has 0 spiro atoms. The van der Waals surface area contributed by atoms with Crippen LogP contribution in [-0.2, 0) is 11.3 Å². The van der Waals surface area contributed by atoms with Crippen molar-refractivity contribution in [2.75, 3.05) is 25.7 Å². The lowest BCUT2D eigenvalue weighted by atomic mass is 10.3. The molecular weight excluding hydrogens is 475 g/mol. The van der Waals surface area contributed by atoms with Gasteiger partial charge in [-0.25, -0.2) is 4.98 Å². The number of methoxy groups -OCH3 is 2. The van der Waals surface area contributed by atoms with Crippen molar-refractivity contribution in [2.45, 2.75) is 6.54 Å². The number of furan rings is 1. The van der Waals surface area contributed by atoms with Crippen LogP contribution in [0.25, 0.3) is 10.2 Å². The van der Waals surface area contributed by atoms with Gasteiger partial charge in [-0.05, 0) is 42.5 Å². The van der Waals surface area contributed by atoms with Crippen LogP contribution in [0.2, 0.25) is 10.0 Å². The number of hydrogen-bond donors (Lipinski definition) is 0. The maximum atomic E-state index is 13.2. The van der Waals surface area contributed by atoms with E-state index >= 15 is 0 Å². The quantitative estimate of drug-likeness (QED) is 0.308. The summed E-state index contributed by atoms with van der Waals surface area (Å²) in [5.41, 5.74) is 0.603. The molecule has 0 N–H and O–H groups in total. The summed E-state index contributed by atoms with van der Waals surface area (Å²) in [5, 5.41) is 1.25. The summed E-state index contributed by atoms with van der Waals surface area (Å²) in [5.74, 6) is 1.84. The van der Waals surface area contributed by atoms with Gasteiger partial charge in [0, 0.05) is 5.02 Å². The number of halogens is 2. The Labute approximate surface area is 198 Å². The zero-order valence-corrected chi connectivity index (χ0v) is 19.5. The molecule has 0 fully saturated rings. The highest BCUT2D eigenvalue weighted by atomic mass is 35.5. The third kappa shape index (κ3) is 4.62. The van der Waals surface area contributed by atoms with Gasteiger partial charge in [-0.1, -0.05) is 34.5 Å². The highest BCUT2D eigenvalue weighted by Gasteiger charge is 2.24. The number of thiazole rings is 1. The number of amides is 1. The normalized spacial score (nSPS) is 10.9. The van der Waals surface area contributed by atoms with Crippen LogP contribution >= 0.6 is 34.5 Å². The summed E-state index contributed by atoms with van der Waals surface area (Å²) in [7, 11) is 3.14. The molecule has 0 aliphatic heterocycles. The van der Waals surface area contributed by atoms with Gasteiger partial charge in [-0.15, -0.1) is 0 Å². The minimum Gasteiger partial charge on any atom is -0.495 e. The molecule has 10 heteroatoms. The Morgan fingerprint density at radius 1 is 1.09 bits per heavy atom. The highest BCUT2D eigenvalue weighted by Crippen LogP contribution is 2.40. The summed E-state index contributed by atoms with van der Waals surface area (Å²) < 4.78 is 22.8. The lowest BCUT2D eigenvalue weighted by Gasteiger charge is -2.19. The van der Waals surface area contributed by atoms with E-state index in [-0.39, 0.29) is 19.1 Å². The van der Waals surface area contributed by atoms with Crippen molar-refractivity contribution in [3.8, 4) is 17.2 Å². The topological polar surface area (TPSA) is 74.0 Å². The Morgan fingerprint density at radius 3 is 2.53 bits per heavy atom. The van der Waals surface area contributed by atoms with E-state index in [9.17, 15) is 4.79 Å². The number of benzene rings is 2. The molecule has 0 aliphatic carbocycles. The van der Waals surface area contributed by atoms with Crippen molar-refractivity contribution in [1.29, 1.82) is 0 Å². The monoisotopic (exact) mass is 492 g/mol. The fraction of sp³-hybridized carbons (Fsp3) is 0.182. The van der Waals surface area contributed by atoms with Crippen molar-refractivity contribution >= 4 is 55.8 Å². The molecule has 4 aromatic rings. The van der Waals surface area contributed by atoms with Gasteiger partial charge in [0.15, 0.2) is 11.7 Å². The van der Waals surface area contributed by atoms with Crippen LogP contribution in [-0.4, -0.2) is 31.7 Å². The Balaban J connectivity index is 1.66. The van der Waals surface area contributed by atoms with E-state index in [1.165, 1.54) is 16.2 Å². The molecule has 0 radical (unpaired) electrons. The second-order valence-electron chi connectivity index (χ2n) is 6.57. The number of carbonyl (C=O) groups is 1. The molecule has 4 rings (SSSR count). The van der Waals surface area contributed by atoms with Gasteiger partial charge >= 0.3 is 0 Å². The van der Waals surface area contributed by atoms with Crippen LogP contribution in [0, 0.1) is 0 Å². The lowest BCUT2D eigenvalue weighted by Crippen LogP contribution is -2.34. The summed E-state index contributed by atoms with van der Waals surface area (Å²) >= 11 is 13.4. The van der Waals surface area contributed by atoms with Crippen LogP contribution in [0.5, 0.6) is 17.2 Å². The van der Waals surface area contributed by atoms with Crippen LogP contribution in [0.1, 0.15) is 5.76 Å². The summed E-state index contributed by atoms with van der Waals surface area (Å²) in [6.45, 7) is -0.0831. The fourth-order valence-electron chi connectivity index (χ4n) is 3.02. The van der Waals surface area contributed by atoms with E-state index in [1.54, 1.807) is 62.9 Å². The Bertz CT molecular complexity index is 1200. The molecule has 2 heterocycles. The number of carbonyl (C=O) groups excluding carboxylic acids is 1. The van der Waals surface area contributed by atoms with Crippen LogP contribution < -0.4 is 19.1 Å². The first-order chi connectivity index (χ1) is 15.5. The zero-order chi connectivity index (χ0) is 22.7. The maximum absolute atomic E-state index is 13.2. The molecule has 7 nitrogen and oxygen atoms in total. The smallest absolute Gasteiger partial charge is 0.267 e. The SMILES string of the molecule is COc1ccc(OC)c2sc(N(Cc3ccco3)C(=O)COc3ccc(Cl)cc3Cl)nc12. The molecule has 0 saturated heterocycles. The van der Waals surface area contributed by atoms with E-state index in [0.717, 1.165) is 4.70 Å². The first kappa shape index (κ1) is 22.3. The third-order valence-corrected chi connectivity index (χ3v) is 6.19. The van der Waals surface area contributed by atoms with Crippen molar-refractivity contribution in [1.82, 2.24) is 4.98 Å². The molecule has 0 saturated carbocycles. The van der Waals surface area contributed by atoms with E-state index < -0.39 is 0 Å². The van der Waals surface area contributed by atoms with E-state index in [4.69, 9.17) is 41.8 Å². The third-order valence-electron chi connectivity index (χ3n) is 4.57. The van der Waals surface area contributed by atoms with Gasteiger partial charge in [0.2, 0.25) is 0 Å². The molecule has 0 atom stereocenters. The van der Waals surface area contributed by atoms with Crippen molar-refractivity contribution < 1.29 is 23.4 Å². The average Bonchev–Trinajstić information content (AvgIpc) is 3.46. The molecule has 0 aliphatic rings. The van der Waals surface area contributed by atoms with E-state index in [2.05, 4.69) is 4.98 Å². The first-order valence-corrected chi connectivity index (χ1v) is 11.0. The van der Waals surface area contributed by atoms with Gasteiger partial charge in [0.25, 0.3) is 5.91 Å². The average molecular weight is 493 g/mol. The van der Waals surface area contributed by atoms with Gasteiger partial charge in [-0.3, -0.25) is 9.69 Å². The second kappa shape index (κ2) is 9.68. The number of fused-ring (bicyclic) bond motifs is 1. The minimum absolute atomic E-state index is 0.175. The Kier molecular flexibility index (Phi) is 6.74. The van der Waals surface area contributed by atoms with Gasteiger partial charge < -0.3 is 18.6 Å². The molecule has 0 unspecified atom stereocenters. The number of nitrogens with zero attached hydrogens (tertiary/aromatic N) is 2. The number of anilines is 1. The first-order valence-electron chi connectivity index (χ1n) is 9.42. The van der Waals surface area contributed by atoms with Crippen LogP contribution in [0.4, 0.5) is 5.13 Å². The Hall–Kier alpha value is -2.94. The zero-order valence-electron chi connectivity index (χ0n) is 17.1. The molecule has 0 bridgehead atoms. The maximum Gasteiger partial charge on any atom is 0.267 e. The molecule has 32 heavy (non-hydrogen) atoms. The number of aromatic nitrogens is 1. The molecule has 2 aromatic heterocycles. The minimum atomic E-state index is -0.329. The largest absolute Gasteiger partial charge is 0.495 e. The van der Waals surface area contributed by atoms with Gasteiger partial charge in [-0.2, -0.15) is 0 Å². The van der Waals surface area contributed by atoms with E-state index in [0.29, 0.717) is 43.7 Å². The number of hydrogen-bond acceptors (Lipinski definition) is 7. The Morgan fingerprint density at radius 2 is 1.84 bits per heavy atom. The molecule has 1 amide bonds. The fourth-order valence-corrected chi connectivity index (χ4v) is 4.57. The van der Waals surface area contributed by atoms with Crippen LogP contribution in [0.3, 0.4) is 0 Å². The highest BCUT2D eigenvalue weighted by molar-refractivity contribution is 7.22. The standard InChI is InChI=1S/C22H18Cl2N2O5S/c1-28-17-7-8-18(29-2)21-20(17)25-22(32-21)26(11-14-4-3-9-30-14)19(27)12-31-16-6-5-13(23)10-15(16)24/h3-10H,11-12H2,1-2H3. The number of rotatable bonds is 8. The van der Waals surface area contributed by atoms with E-state index in [1.807, 2.05) is 0 Å². The van der Waals surface area contributed by atoms with Crippen molar-refractivity contribution in [2.24, 2.45) is 0 Å². The summed E-state index contributed by atoms with van der Waals surface area (Å²) in [6.07, 6.45) is 1.55. The van der Waals surface area contributed by atoms with Crippen LogP contribution in [0.15, 0.2) is 53.1 Å². The van der Waals surface area contributed by atoms with Gasteiger partial charge in [0.05, 0.1) is 32.1 Å². The molecule has 2 aromatic carbocycles. The molecule has 166 valence electrons. The van der Waals surface area contributed by atoms with Crippen molar-refractivity contribution in [3.05, 3.63) is 64.5 Å². The summed E-state index contributed by atoms with van der Waals surface area (Å²) in [4.78, 5) is 19.3.